The minimum absolute atomic E-state index is 0.361. The maximum atomic E-state index is 12.5. The monoisotopic (exact) mass is 412 g/mol. The van der Waals surface area contributed by atoms with Crippen molar-refractivity contribution >= 4 is 17.9 Å². The zero-order valence-corrected chi connectivity index (χ0v) is 14.6. The van der Waals surface area contributed by atoms with Crippen LogP contribution in [0.15, 0.2) is 72.5 Å². The normalized spacial score (nSPS) is 13.4. The van der Waals surface area contributed by atoms with Crippen molar-refractivity contribution in [1.29, 1.82) is 0 Å². The molecule has 1 N–H and O–H groups in total. The summed E-state index contributed by atoms with van der Waals surface area (Å²) in [6, 6.07) is 8.34. The lowest BCUT2D eigenvalue weighted by Crippen LogP contribution is -2.03. The molecular weight excluding hydrogens is 398 g/mol. The van der Waals surface area contributed by atoms with E-state index in [2.05, 4.69) is 0 Å². The van der Waals surface area contributed by atoms with E-state index in [1.807, 2.05) is 0 Å². The van der Waals surface area contributed by atoms with Crippen molar-refractivity contribution in [2.75, 3.05) is 0 Å². The fourth-order valence-electron chi connectivity index (χ4n) is 2.17. The Bertz CT molecular complexity index is 931. The molecule has 2 aromatic rings. The van der Waals surface area contributed by atoms with Crippen molar-refractivity contribution in [3.63, 3.8) is 0 Å². The highest BCUT2D eigenvalue weighted by Crippen LogP contribution is 2.30. The topological polar surface area (TPSA) is 37.3 Å². The van der Waals surface area contributed by atoms with Gasteiger partial charge in [0.1, 0.15) is 5.76 Å². The molecule has 2 rings (SSSR count). The van der Waals surface area contributed by atoms with Gasteiger partial charge in [-0.15, -0.1) is 0 Å². The Kier molecular flexibility index (Phi) is 6.68. The fraction of sp³-hybridized carbons (Fsp3) is 0.0952. The number of aliphatic hydroxyl groups excluding tert-OH is 1. The molecule has 0 amide bonds. The van der Waals surface area contributed by atoms with E-state index < -0.39 is 35.0 Å². The summed E-state index contributed by atoms with van der Waals surface area (Å²) in [5.41, 5.74) is -0.879. The molecule has 152 valence electrons. The van der Waals surface area contributed by atoms with Crippen molar-refractivity contribution in [2.45, 2.75) is 12.4 Å². The van der Waals surface area contributed by atoms with Crippen molar-refractivity contribution in [2.24, 2.45) is 0 Å². The van der Waals surface area contributed by atoms with Crippen LogP contribution in [0.3, 0.4) is 0 Å². The maximum Gasteiger partial charge on any atom is 0.416 e. The Morgan fingerprint density at radius 3 is 1.45 bits per heavy atom. The number of rotatable bonds is 5. The Labute approximate surface area is 162 Å². The van der Waals surface area contributed by atoms with E-state index in [0.29, 0.717) is 11.1 Å². The SMILES string of the molecule is O=C(/C=C(O)/C=C/c1ccc(C(F)(F)F)cc1)/C=C/c1ccc(C(F)(F)F)cc1. The van der Waals surface area contributed by atoms with Crippen LogP contribution in [0, 0.1) is 0 Å². The van der Waals surface area contributed by atoms with E-state index in [1.165, 1.54) is 36.4 Å². The first-order chi connectivity index (χ1) is 13.4. The minimum Gasteiger partial charge on any atom is -0.508 e. The fourth-order valence-corrected chi connectivity index (χ4v) is 2.17. The lowest BCUT2D eigenvalue weighted by molar-refractivity contribution is -0.138. The molecule has 0 saturated carbocycles. The van der Waals surface area contributed by atoms with Crippen LogP contribution in [0.4, 0.5) is 26.3 Å². The van der Waals surface area contributed by atoms with E-state index in [1.54, 1.807) is 0 Å². The molecular formula is C21H14F6O2. The predicted molar refractivity (Wildman–Crippen MR) is 96.7 cm³/mol. The average Bonchev–Trinajstić information content (AvgIpc) is 2.64. The highest BCUT2D eigenvalue weighted by Gasteiger charge is 2.30. The van der Waals surface area contributed by atoms with Crippen LogP contribution in [0.5, 0.6) is 0 Å². The van der Waals surface area contributed by atoms with E-state index in [0.717, 1.165) is 42.5 Å². The molecule has 0 bridgehead atoms. The molecule has 8 heteroatoms. The second-order valence-electron chi connectivity index (χ2n) is 5.88. The number of hydrogen-bond acceptors (Lipinski definition) is 2. The number of halogens is 6. The van der Waals surface area contributed by atoms with Crippen LogP contribution >= 0.6 is 0 Å². The molecule has 0 unspecified atom stereocenters. The van der Waals surface area contributed by atoms with Gasteiger partial charge in [0, 0.05) is 6.08 Å². The Morgan fingerprint density at radius 1 is 0.690 bits per heavy atom. The van der Waals surface area contributed by atoms with E-state index in [9.17, 15) is 36.2 Å². The smallest absolute Gasteiger partial charge is 0.416 e. The number of hydrogen-bond donors (Lipinski definition) is 1. The van der Waals surface area contributed by atoms with Crippen molar-refractivity contribution in [3.05, 3.63) is 94.8 Å². The second-order valence-corrected chi connectivity index (χ2v) is 5.88. The number of alkyl halides is 6. The summed E-state index contributed by atoms with van der Waals surface area (Å²) in [4.78, 5) is 11.8. The van der Waals surface area contributed by atoms with Gasteiger partial charge in [0.25, 0.3) is 0 Å². The largest absolute Gasteiger partial charge is 0.508 e. The minimum atomic E-state index is -4.45. The first-order valence-corrected chi connectivity index (χ1v) is 8.10. The zero-order chi connectivity index (χ0) is 21.7. The predicted octanol–water partition coefficient (Wildman–Crippen LogP) is 6.46. The van der Waals surface area contributed by atoms with Crippen molar-refractivity contribution in [1.82, 2.24) is 0 Å². The lowest BCUT2D eigenvalue weighted by Gasteiger charge is -2.05. The van der Waals surface area contributed by atoms with Gasteiger partial charge in [0.15, 0.2) is 5.78 Å². The van der Waals surface area contributed by atoms with Gasteiger partial charge < -0.3 is 5.11 Å². The average molecular weight is 412 g/mol. The quantitative estimate of drug-likeness (QED) is 0.265. The van der Waals surface area contributed by atoms with Crippen LogP contribution in [-0.4, -0.2) is 10.9 Å². The number of benzene rings is 2. The number of carbonyl (C=O) groups excluding carboxylic acids is 1. The molecule has 0 aliphatic rings. The molecule has 0 saturated heterocycles. The highest BCUT2D eigenvalue weighted by atomic mass is 19.4. The molecule has 2 aromatic carbocycles. The van der Waals surface area contributed by atoms with Gasteiger partial charge >= 0.3 is 12.4 Å². The van der Waals surface area contributed by atoms with E-state index in [-0.39, 0.29) is 0 Å². The third-order valence-electron chi connectivity index (χ3n) is 3.65. The van der Waals surface area contributed by atoms with Crippen LogP contribution in [0.2, 0.25) is 0 Å². The van der Waals surface area contributed by atoms with Crippen LogP contribution in [0.1, 0.15) is 22.3 Å². The van der Waals surface area contributed by atoms with Gasteiger partial charge in [-0.2, -0.15) is 26.3 Å². The standard InChI is InChI=1S/C21H14F6O2/c22-20(23,24)16-7-1-14(2-8-16)5-11-18(28)13-19(29)12-6-15-3-9-17(10-4-15)21(25,26)27/h1-13,28H/b11-5+,12-6+,18-13-. The third kappa shape index (κ3) is 6.99. The Morgan fingerprint density at radius 2 is 1.07 bits per heavy atom. The molecule has 2 nitrogen and oxygen atoms in total. The summed E-state index contributed by atoms with van der Waals surface area (Å²) in [6.45, 7) is 0. The van der Waals surface area contributed by atoms with Crippen LogP contribution < -0.4 is 0 Å². The molecule has 0 aliphatic carbocycles. The van der Waals surface area contributed by atoms with Crippen molar-refractivity contribution < 1.29 is 36.2 Å². The lowest BCUT2D eigenvalue weighted by atomic mass is 10.1. The molecule has 0 heterocycles. The maximum absolute atomic E-state index is 12.5. The van der Waals surface area contributed by atoms with E-state index >= 15 is 0 Å². The summed E-state index contributed by atoms with van der Waals surface area (Å²) >= 11 is 0. The molecule has 0 spiro atoms. The first-order valence-electron chi connectivity index (χ1n) is 8.10. The second kappa shape index (κ2) is 8.81. The van der Waals surface area contributed by atoms with Gasteiger partial charge in [-0.05, 0) is 47.5 Å². The number of ketones is 1. The third-order valence-corrected chi connectivity index (χ3v) is 3.65. The van der Waals surface area contributed by atoms with Gasteiger partial charge in [0.2, 0.25) is 0 Å². The summed E-state index contributed by atoms with van der Waals surface area (Å²) < 4.78 is 74.9. The Hall–Kier alpha value is -3.29. The number of allylic oxidation sites excluding steroid dienone is 3. The molecule has 0 radical (unpaired) electrons. The van der Waals surface area contributed by atoms with Crippen LogP contribution in [0.25, 0.3) is 12.2 Å². The number of carbonyl (C=O) groups is 1. The Balaban J connectivity index is 1.99. The molecule has 0 fully saturated rings. The van der Waals surface area contributed by atoms with Crippen LogP contribution in [-0.2, 0) is 17.1 Å². The summed E-state index contributed by atoms with van der Waals surface area (Å²) in [7, 11) is 0. The number of aliphatic hydroxyl groups is 1. The summed E-state index contributed by atoms with van der Waals surface area (Å²) in [6.07, 6.45) is -3.24. The summed E-state index contributed by atoms with van der Waals surface area (Å²) in [5, 5.41) is 9.70. The highest BCUT2D eigenvalue weighted by molar-refractivity contribution is 6.02. The molecule has 29 heavy (non-hydrogen) atoms. The van der Waals surface area contributed by atoms with Gasteiger partial charge in [-0.1, -0.05) is 36.4 Å². The first kappa shape index (κ1) is 22.0. The van der Waals surface area contributed by atoms with Gasteiger partial charge in [-0.3, -0.25) is 4.79 Å². The van der Waals surface area contributed by atoms with Crippen molar-refractivity contribution in [3.8, 4) is 0 Å². The summed E-state index contributed by atoms with van der Waals surface area (Å²) in [5.74, 6) is -1.06. The van der Waals surface area contributed by atoms with Gasteiger partial charge in [-0.25, -0.2) is 0 Å². The molecule has 0 aliphatic heterocycles. The molecule has 0 atom stereocenters. The zero-order valence-electron chi connectivity index (χ0n) is 14.6. The molecule has 0 aromatic heterocycles. The van der Waals surface area contributed by atoms with Gasteiger partial charge in [0.05, 0.1) is 11.1 Å². The van der Waals surface area contributed by atoms with E-state index in [4.69, 9.17) is 0 Å².